The van der Waals surface area contributed by atoms with Crippen molar-refractivity contribution >= 4 is 10.9 Å². The Kier molecular flexibility index (Phi) is 5.73. The van der Waals surface area contributed by atoms with E-state index in [0.29, 0.717) is 19.1 Å². The number of aromatic nitrogens is 5. The molecule has 1 atom stereocenters. The summed E-state index contributed by atoms with van der Waals surface area (Å²) in [6.45, 7) is 7.42. The highest BCUT2D eigenvalue weighted by molar-refractivity contribution is 5.79. The Bertz CT molecular complexity index is 1040. The van der Waals surface area contributed by atoms with Crippen LogP contribution in [0.15, 0.2) is 29.1 Å². The number of hydrogen-bond donors (Lipinski definition) is 2. The molecule has 1 fully saturated rings. The van der Waals surface area contributed by atoms with Crippen molar-refractivity contribution in [2.24, 2.45) is 5.92 Å². The lowest BCUT2D eigenvalue weighted by atomic mass is 9.95. The van der Waals surface area contributed by atoms with Crippen LogP contribution in [0.5, 0.6) is 0 Å². The van der Waals surface area contributed by atoms with Gasteiger partial charge in [-0.1, -0.05) is 18.6 Å². The van der Waals surface area contributed by atoms with Crippen molar-refractivity contribution < 1.29 is 9.64 Å². The maximum Gasteiger partial charge on any atom is 0.258 e. The van der Waals surface area contributed by atoms with Crippen LogP contribution in [0.3, 0.4) is 0 Å². The molecular formula is C21H29N6O2+. The summed E-state index contributed by atoms with van der Waals surface area (Å²) in [5, 5.41) is 13.5. The van der Waals surface area contributed by atoms with E-state index >= 15 is 0 Å². The van der Waals surface area contributed by atoms with Gasteiger partial charge in [0.25, 0.3) is 5.56 Å². The highest BCUT2D eigenvalue weighted by Gasteiger charge is 2.35. The number of benzene rings is 1. The molecule has 3 heterocycles. The molecule has 2 aromatic heterocycles. The Morgan fingerprint density at radius 2 is 2.10 bits per heavy atom. The molecule has 8 heteroatoms. The monoisotopic (exact) mass is 397 g/mol. The van der Waals surface area contributed by atoms with Crippen LogP contribution in [0, 0.1) is 12.8 Å². The molecule has 4 rings (SSSR count). The highest BCUT2D eigenvalue weighted by atomic mass is 16.5. The second-order valence-electron chi connectivity index (χ2n) is 8.17. The van der Waals surface area contributed by atoms with E-state index in [2.05, 4.69) is 40.4 Å². The molecule has 1 saturated heterocycles. The number of aromatic amines is 1. The average Bonchev–Trinajstić information content (AvgIpc) is 3.17. The van der Waals surface area contributed by atoms with Crippen molar-refractivity contribution in [3.05, 3.63) is 51.6 Å². The molecule has 154 valence electrons. The molecule has 3 aromatic rings. The third kappa shape index (κ3) is 4.09. The van der Waals surface area contributed by atoms with E-state index in [1.54, 1.807) is 11.8 Å². The number of hydrogen-bond acceptors (Lipinski definition) is 5. The Morgan fingerprint density at radius 1 is 1.31 bits per heavy atom. The van der Waals surface area contributed by atoms with Crippen molar-refractivity contribution in [1.29, 1.82) is 0 Å². The molecular weight excluding hydrogens is 368 g/mol. The van der Waals surface area contributed by atoms with Crippen LogP contribution in [0.1, 0.15) is 42.8 Å². The van der Waals surface area contributed by atoms with Crippen molar-refractivity contribution in [2.75, 3.05) is 26.8 Å². The first-order chi connectivity index (χ1) is 14.1. The number of H-pyrrole nitrogens is 1. The summed E-state index contributed by atoms with van der Waals surface area (Å²) in [7, 11) is 1.66. The lowest BCUT2D eigenvalue weighted by Gasteiger charge is -2.33. The molecule has 1 aliphatic rings. The van der Waals surface area contributed by atoms with Crippen molar-refractivity contribution in [3.63, 3.8) is 0 Å². The van der Waals surface area contributed by atoms with Crippen molar-refractivity contribution in [3.8, 4) is 0 Å². The Hall–Kier alpha value is -2.58. The second kappa shape index (κ2) is 8.42. The summed E-state index contributed by atoms with van der Waals surface area (Å²) in [5.41, 5.74) is 2.67. The quantitative estimate of drug-likeness (QED) is 0.644. The van der Waals surface area contributed by atoms with Gasteiger partial charge in [-0.15, -0.1) is 5.10 Å². The van der Waals surface area contributed by atoms with E-state index < -0.39 is 0 Å². The van der Waals surface area contributed by atoms with E-state index in [9.17, 15) is 4.79 Å². The fourth-order valence-electron chi connectivity index (χ4n) is 4.28. The molecule has 0 amide bonds. The van der Waals surface area contributed by atoms with E-state index in [1.807, 2.05) is 18.2 Å². The van der Waals surface area contributed by atoms with E-state index in [-0.39, 0.29) is 11.6 Å². The Morgan fingerprint density at radius 3 is 2.86 bits per heavy atom. The Labute approximate surface area is 169 Å². The van der Waals surface area contributed by atoms with Gasteiger partial charge in [0.1, 0.15) is 0 Å². The lowest BCUT2D eigenvalue weighted by molar-refractivity contribution is -0.932. The van der Waals surface area contributed by atoms with Gasteiger partial charge in [0.2, 0.25) is 5.82 Å². The van der Waals surface area contributed by atoms with Crippen LogP contribution in [-0.2, 0) is 11.3 Å². The van der Waals surface area contributed by atoms with Crippen LogP contribution >= 0.6 is 0 Å². The summed E-state index contributed by atoms with van der Waals surface area (Å²) < 4.78 is 7.00. The molecule has 2 N–H and O–H groups in total. The molecule has 0 spiro atoms. The summed E-state index contributed by atoms with van der Waals surface area (Å²) in [5.74, 6) is 1.44. The minimum atomic E-state index is -0.206. The van der Waals surface area contributed by atoms with Gasteiger partial charge in [0, 0.05) is 12.6 Å². The lowest BCUT2D eigenvalue weighted by Crippen LogP contribution is -3.13. The number of aryl methyl sites for hydroxylation is 1. The summed E-state index contributed by atoms with van der Waals surface area (Å²) >= 11 is 0. The van der Waals surface area contributed by atoms with Crippen molar-refractivity contribution in [2.45, 2.75) is 39.3 Å². The number of fused-ring (bicyclic) bond motifs is 1. The molecule has 0 unspecified atom stereocenters. The number of nitrogens with zero attached hydrogens (tertiary/aromatic N) is 4. The third-order valence-electron chi connectivity index (χ3n) is 5.99. The second-order valence-corrected chi connectivity index (χ2v) is 8.17. The number of nitrogens with one attached hydrogen (secondary N) is 2. The highest BCUT2D eigenvalue weighted by Crippen LogP contribution is 2.21. The zero-order valence-electron chi connectivity index (χ0n) is 17.3. The molecule has 0 bridgehead atoms. The van der Waals surface area contributed by atoms with Crippen LogP contribution in [0.4, 0.5) is 0 Å². The molecule has 8 nitrogen and oxygen atoms in total. The molecule has 0 radical (unpaired) electrons. The first-order valence-electron chi connectivity index (χ1n) is 10.3. The first kappa shape index (κ1) is 19.7. The van der Waals surface area contributed by atoms with Gasteiger partial charge < -0.3 is 14.6 Å². The molecule has 0 aliphatic carbocycles. The largest absolute Gasteiger partial charge is 0.383 e. The van der Waals surface area contributed by atoms with Gasteiger partial charge in [0.15, 0.2) is 6.04 Å². The number of likely N-dealkylation sites (tertiary alicyclic amines) is 1. The van der Waals surface area contributed by atoms with Crippen LogP contribution in [0.25, 0.3) is 10.9 Å². The zero-order valence-corrected chi connectivity index (χ0v) is 17.3. The fraction of sp³-hybridized carbons (Fsp3) is 0.524. The SMILES string of the molecule is COCCn1nnnc1[C@@H](c1cc2cc(C)ccc2[nH]c1=O)[NH+]1CCC(C)CC1. The smallest absolute Gasteiger partial charge is 0.258 e. The van der Waals surface area contributed by atoms with Crippen LogP contribution < -0.4 is 10.5 Å². The number of piperidine rings is 1. The molecule has 1 aromatic carbocycles. The Balaban J connectivity index is 1.82. The molecule has 0 saturated carbocycles. The number of pyridine rings is 1. The van der Waals surface area contributed by atoms with Crippen LogP contribution in [0.2, 0.25) is 0 Å². The topological polar surface area (TPSA) is 90.1 Å². The van der Waals surface area contributed by atoms with Gasteiger partial charge >= 0.3 is 0 Å². The van der Waals surface area contributed by atoms with Crippen molar-refractivity contribution in [1.82, 2.24) is 25.2 Å². The van der Waals surface area contributed by atoms with Gasteiger partial charge in [0.05, 0.1) is 31.8 Å². The number of quaternary nitrogens is 1. The zero-order chi connectivity index (χ0) is 20.4. The predicted octanol–water partition coefficient (Wildman–Crippen LogP) is 0.874. The minimum absolute atomic E-state index is 0.0706. The number of tetrazole rings is 1. The normalized spacial score (nSPS) is 20.8. The third-order valence-corrected chi connectivity index (χ3v) is 5.99. The summed E-state index contributed by atoms with van der Waals surface area (Å²) in [6.07, 6.45) is 2.27. The molecule has 1 aliphatic heterocycles. The maximum absolute atomic E-state index is 13.1. The fourth-order valence-corrected chi connectivity index (χ4v) is 4.28. The number of ether oxygens (including phenoxy) is 1. The minimum Gasteiger partial charge on any atom is -0.383 e. The van der Waals surface area contributed by atoms with Gasteiger partial charge in [-0.25, -0.2) is 4.68 Å². The van der Waals surface area contributed by atoms with Crippen LogP contribution in [-0.4, -0.2) is 52.0 Å². The number of rotatable bonds is 6. The summed E-state index contributed by atoms with van der Waals surface area (Å²) in [4.78, 5) is 17.5. The van der Waals surface area contributed by atoms with E-state index in [0.717, 1.165) is 53.8 Å². The maximum atomic E-state index is 13.1. The average molecular weight is 398 g/mol. The number of methoxy groups -OCH3 is 1. The van der Waals surface area contributed by atoms with Gasteiger partial charge in [-0.05, 0) is 59.7 Å². The predicted molar refractivity (Wildman–Crippen MR) is 110 cm³/mol. The van der Waals surface area contributed by atoms with Gasteiger partial charge in [-0.3, -0.25) is 4.79 Å². The van der Waals surface area contributed by atoms with E-state index in [4.69, 9.17) is 4.74 Å². The first-order valence-corrected chi connectivity index (χ1v) is 10.3. The van der Waals surface area contributed by atoms with E-state index in [1.165, 1.54) is 4.90 Å². The van der Waals surface area contributed by atoms with Gasteiger partial charge in [-0.2, -0.15) is 0 Å². The summed E-state index contributed by atoms with van der Waals surface area (Å²) in [6, 6.07) is 7.89. The standard InChI is InChI=1S/C21H28N6O2/c1-14-6-8-26(9-7-14)19(20-23-24-25-27(20)10-11-29-3)17-13-16-12-15(2)4-5-18(16)22-21(17)28/h4-5,12-14,19H,6-11H2,1-3H3,(H,22,28)/p+1/t19-/m1/s1. The molecule has 29 heavy (non-hydrogen) atoms.